The van der Waals surface area contributed by atoms with Crippen LogP contribution in [0.25, 0.3) is 0 Å². The minimum Gasteiger partial charge on any atom is -0.381 e. The molecule has 1 aromatic heterocycles. The summed E-state index contributed by atoms with van der Waals surface area (Å²) in [4.78, 5) is 19.0. The third-order valence-corrected chi connectivity index (χ3v) is 5.41. The first-order valence-corrected chi connectivity index (χ1v) is 9.95. The third kappa shape index (κ3) is 4.84. The number of amides is 1. The van der Waals surface area contributed by atoms with Gasteiger partial charge in [0.2, 0.25) is 0 Å². The topological polar surface area (TPSA) is 59.4 Å². The number of hydrogen-bond acceptors (Lipinski definition) is 4. The summed E-state index contributed by atoms with van der Waals surface area (Å²) in [5.74, 6) is -0.104. The minimum absolute atomic E-state index is 0.104. The summed E-state index contributed by atoms with van der Waals surface area (Å²) < 4.78 is 7.43. The van der Waals surface area contributed by atoms with Crippen molar-refractivity contribution in [2.24, 2.45) is 0 Å². The molecule has 1 aliphatic heterocycles. The summed E-state index contributed by atoms with van der Waals surface area (Å²) in [6.45, 7) is 2.73. The number of nitrogens with zero attached hydrogens (tertiary/aromatic N) is 3. The van der Waals surface area contributed by atoms with Gasteiger partial charge in [-0.15, -0.1) is 0 Å². The van der Waals surface area contributed by atoms with Gasteiger partial charge in [-0.3, -0.25) is 4.79 Å². The molecule has 2 aromatic carbocycles. The summed E-state index contributed by atoms with van der Waals surface area (Å²) in [5.41, 5.74) is 3.75. The van der Waals surface area contributed by atoms with Crippen molar-refractivity contribution in [3.05, 3.63) is 78.4 Å². The average molecular weight is 390 g/mol. The second kappa shape index (κ2) is 8.92. The Morgan fingerprint density at radius 3 is 2.45 bits per heavy atom. The molecule has 0 aliphatic carbocycles. The molecule has 1 aliphatic rings. The summed E-state index contributed by atoms with van der Waals surface area (Å²) in [6.07, 6.45) is 7.93. The number of methoxy groups -OCH3 is 1. The zero-order valence-corrected chi connectivity index (χ0v) is 16.6. The van der Waals surface area contributed by atoms with Gasteiger partial charge in [0.05, 0.1) is 12.4 Å². The largest absolute Gasteiger partial charge is 0.381 e. The summed E-state index contributed by atoms with van der Waals surface area (Å²) >= 11 is 0. The maximum Gasteiger partial charge on any atom is 0.255 e. The van der Waals surface area contributed by atoms with Crippen LogP contribution in [0.3, 0.4) is 0 Å². The fraction of sp³-hybridized carbons (Fsp3) is 0.304. The predicted octanol–water partition coefficient (Wildman–Crippen LogP) is 3.80. The monoisotopic (exact) mass is 390 g/mol. The zero-order valence-electron chi connectivity index (χ0n) is 16.6. The highest BCUT2D eigenvalue weighted by Gasteiger charge is 2.18. The molecule has 0 atom stereocenters. The number of carbonyl (C=O) groups excluding carboxylic acids is 1. The van der Waals surface area contributed by atoms with Crippen molar-refractivity contribution in [2.45, 2.75) is 25.5 Å². The lowest BCUT2D eigenvalue weighted by Crippen LogP contribution is -2.36. The normalized spacial score (nSPS) is 14.7. The van der Waals surface area contributed by atoms with E-state index in [0.717, 1.165) is 43.7 Å². The number of ether oxygens (including phenoxy) is 1. The van der Waals surface area contributed by atoms with Crippen LogP contribution in [0.15, 0.2) is 67.3 Å². The van der Waals surface area contributed by atoms with Crippen LogP contribution in [0.5, 0.6) is 0 Å². The summed E-state index contributed by atoms with van der Waals surface area (Å²) in [6, 6.07) is 15.7. The standard InChI is InChI=1S/C23H26N4O2/c1-29-22-10-13-27(14-11-22)21-8-6-20(7-9-21)25-23(28)19-4-2-18(3-5-19)16-26-15-12-24-17-26/h2-9,12,15,17,22H,10-11,13-14,16H2,1H3,(H,25,28). The van der Waals surface area contributed by atoms with Gasteiger partial charge < -0.3 is 19.5 Å². The maximum atomic E-state index is 12.5. The Hall–Kier alpha value is -3.12. The Kier molecular flexibility index (Phi) is 5.91. The molecule has 0 saturated carbocycles. The average Bonchev–Trinajstić information content (AvgIpc) is 3.28. The first kappa shape index (κ1) is 19.2. The molecule has 2 heterocycles. The number of hydrogen-bond donors (Lipinski definition) is 1. The highest BCUT2D eigenvalue weighted by Crippen LogP contribution is 2.23. The minimum atomic E-state index is -0.104. The molecule has 0 unspecified atom stereocenters. The van der Waals surface area contributed by atoms with Crippen LogP contribution in [0, 0.1) is 0 Å². The third-order valence-electron chi connectivity index (χ3n) is 5.41. The van der Waals surface area contributed by atoms with Crippen molar-refractivity contribution in [1.82, 2.24) is 9.55 Å². The molecule has 6 heteroatoms. The van der Waals surface area contributed by atoms with Crippen LogP contribution in [-0.4, -0.2) is 41.8 Å². The Morgan fingerprint density at radius 1 is 1.10 bits per heavy atom. The summed E-state index contributed by atoms with van der Waals surface area (Å²) in [7, 11) is 1.78. The maximum absolute atomic E-state index is 12.5. The van der Waals surface area contributed by atoms with Crippen molar-refractivity contribution in [3.8, 4) is 0 Å². The number of piperidine rings is 1. The molecule has 1 saturated heterocycles. The van der Waals surface area contributed by atoms with E-state index in [9.17, 15) is 4.79 Å². The van der Waals surface area contributed by atoms with Gasteiger partial charge in [-0.25, -0.2) is 4.98 Å². The van der Waals surface area contributed by atoms with Crippen molar-refractivity contribution >= 4 is 17.3 Å². The Labute approximate surface area is 171 Å². The number of benzene rings is 2. The van der Waals surface area contributed by atoms with Gasteiger partial charge in [-0.2, -0.15) is 0 Å². The predicted molar refractivity (Wildman–Crippen MR) is 114 cm³/mol. The second-order valence-corrected chi connectivity index (χ2v) is 7.36. The fourth-order valence-corrected chi connectivity index (χ4v) is 3.66. The molecule has 0 spiro atoms. The van der Waals surface area contributed by atoms with E-state index in [-0.39, 0.29) is 5.91 Å². The van der Waals surface area contributed by atoms with E-state index in [2.05, 4.69) is 27.3 Å². The SMILES string of the molecule is COC1CCN(c2ccc(NC(=O)c3ccc(Cn4ccnc4)cc3)cc2)CC1. The van der Waals surface area contributed by atoms with E-state index < -0.39 is 0 Å². The quantitative estimate of drug-likeness (QED) is 0.696. The van der Waals surface area contributed by atoms with Crippen molar-refractivity contribution in [3.63, 3.8) is 0 Å². The lowest BCUT2D eigenvalue weighted by molar-refractivity contribution is 0.0819. The molecule has 29 heavy (non-hydrogen) atoms. The van der Waals surface area contributed by atoms with Crippen molar-refractivity contribution in [2.75, 3.05) is 30.4 Å². The van der Waals surface area contributed by atoms with E-state index in [1.54, 1.807) is 19.6 Å². The summed E-state index contributed by atoms with van der Waals surface area (Å²) in [5, 5.41) is 2.98. The van der Waals surface area contributed by atoms with Crippen LogP contribution in [0.1, 0.15) is 28.8 Å². The fourth-order valence-electron chi connectivity index (χ4n) is 3.66. The van der Waals surface area contributed by atoms with Gasteiger partial charge in [-0.05, 0) is 54.8 Å². The van der Waals surface area contributed by atoms with Crippen LogP contribution >= 0.6 is 0 Å². The number of aromatic nitrogens is 2. The molecule has 0 bridgehead atoms. The van der Waals surface area contributed by atoms with Crippen LogP contribution in [0.2, 0.25) is 0 Å². The zero-order chi connectivity index (χ0) is 20.1. The molecule has 3 aromatic rings. The van der Waals surface area contributed by atoms with Crippen molar-refractivity contribution in [1.29, 1.82) is 0 Å². The number of rotatable bonds is 6. The van der Waals surface area contributed by atoms with Crippen LogP contribution in [0.4, 0.5) is 11.4 Å². The first-order chi connectivity index (χ1) is 14.2. The number of anilines is 2. The molecule has 150 valence electrons. The van der Waals surface area contributed by atoms with Gasteiger partial charge >= 0.3 is 0 Å². The van der Waals surface area contributed by atoms with E-state index in [4.69, 9.17) is 4.74 Å². The van der Waals surface area contributed by atoms with E-state index in [1.807, 2.05) is 47.2 Å². The van der Waals surface area contributed by atoms with Gasteiger partial charge in [0.1, 0.15) is 0 Å². The Bertz CT molecular complexity index is 913. The van der Waals surface area contributed by atoms with Gasteiger partial charge in [0, 0.05) is 56.1 Å². The van der Waals surface area contributed by atoms with Crippen molar-refractivity contribution < 1.29 is 9.53 Å². The van der Waals surface area contributed by atoms with Crippen LogP contribution < -0.4 is 10.2 Å². The number of carbonyl (C=O) groups is 1. The lowest BCUT2D eigenvalue weighted by atomic mass is 10.1. The van der Waals surface area contributed by atoms with E-state index in [1.165, 1.54) is 5.69 Å². The molecular formula is C23H26N4O2. The second-order valence-electron chi connectivity index (χ2n) is 7.36. The molecular weight excluding hydrogens is 364 g/mol. The Balaban J connectivity index is 1.33. The lowest BCUT2D eigenvalue weighted by Gasteiger charge is -2.33. The van der Waals surface area contributed by atoms with Crippen LogP contribution in [-0.2, 0) is 11.3 Å². The smallest absolute Gasteiger partial charge is 0.255 e. The molecule has 1 N–H and O–H groups in total. The van der Waals surface area contributed by atoms with Gasteiger partial charge in [-0.1, -0.05) is 12.1 Å². The Morgan fingerprint density at radius 2 is 1.83 bits per heavy atom. The molecule has 1 amide bonds. The highest BCUT2D eigenvalue weighted by atomic mass is 16.5. The van der Waals surface area contributed by atoms with Gasteiger partial charge in [0.25, 0.3) is 5.91 Å². The van der Waals surface area contributed by atoms with Gasteiger partial charge in [0.15, 0.2) is 0 Å². The first-order valence-electron chi connectivity index (χ1n) is 9.95. The van der Waals surface area contributed by atoms with E-state index >= 15 is 0 Å². The molecule has 1 fully saturated rings. The number of imidazole rings is 1. The number of nitrogens with one attached hydrogen (secondary N) is 1. The molecule has 6 nitrogen and oxygen atoms in total. The van der Waals surface area contributed by atoms with E-state index in [0.29, 0.717) is 11.7 Å². The molecule has 0 radical (unpaired) electrons. The molecule has 4 rings (SSSR count). The highest BCUT2D eigenvalue weighted by molar-refractivity contribution is 6.04.